The van der Waals surface area contributed by atoms with Gasteiger partial charge < -0.3 is 29.9 Å². The molecule has 4 N–H and O–H groups in total. The number of hydrogen-bond acceptors (Lipinski definition) is 6. The fourth-order valence-electron chi connectivity index (χ4n) is 1.61. The molecule has 5 atom stereocenters. The average molecular weight is 206 g/mol. The van der Waals surface area contributed by atoms with Crippen LogP contribution in [0.1, 0.15) is 0 Å². The van der Waals surface area contributed by atoms with Gasteiger partial charge in [0.15, 0.2) is 18.0 Å². The van der Waals surface area contributed by atoms with Crippen LogP contribution in [0, 0.1) is 0 Å². The van der Waals surface area contributed by atoms with Crippen molar-refractivity contribution >= 4 is 5.97 Å². The van der Waals surface area contributed by atoms with E-state index < -0.39 is 36.2 Å². The number of carboxylic acids is 1. The van der Waals surface area contributed by atoms with Gasteiger partial charge in [-0.15, -0.1) is 0 Å². The lowest BCUT2D eigenvalue weighted by Crippen LogP contribution is -2.62. The molecule has 0 unspecified atom stereocenters. The van der Waals surface area contributed by atoms with Crippen molar-refractivity contribution in [2.75, 3.05) is 6.61 Å². The minimum atomic E-state index is -1.71. The second-order valence-corrected chi connectivity index (χ2v) is 3.42. The summed E-state index contributed by atoms with van der Waals surface area (Å²) >= 11 is 0. The molecular weight excluding hydrogens is 196 g/mol. The van der Waals surface area contributed by atoms with Gasteiger partial charge in [0.2, 0.25) is 0 Å². The predicted molar refractivity (Wildman–Crippen MR) is 39.2 cm³/mol. The zero-order chi connectivity index (χ0) is 10.5. The largest absolute Gasteiger partial charge is 0.479 e. The van der Waals surface area contributed by atoms with Gasteiger partial charge in [-0.3, -0.25) is 0 Å². The van der Waals surface area contributed by atoms with E-state index in [9.17, 15) is 15.0 Å². The number of epoxide rings is 1. The van der Waals surface area contributed by atoms with Crippen molar-refractivity contribution in [1.82, 2.24) is 0 Å². The van der Waals surface area contributed by atoms with E-state index in [2.05, 4.69) is 4.74 Å². The molecule has 0 aliphatic carbocycles. The summed E-state index contributed by atoms with van der Waals surface area (Å²) in [6, 6.07) is 0. The summed E-state index contributed by atoms with van der Waals surface area (Å²) in [4.78, 5) is 10.7. The maximum absolute atomic E-state index is 10.7. The molecule has 0 saturated carbocycles. The molecule has 2 saturated heterocycles. The van der Waals surface area contributed by atoms with Crippen LogP contribution < -0.4 is 0 Å². The molecule has 0 amide bonds. The Balaban J connectivity index is 2.24. The van der Waals surface area contributed by atoms with E-state index >= 15 is 0 Å². The average Bonchev–Trinajstić information content (AvgIpc) is 2.89. The Kier molecular flexibility index (Phi) is 2.02. The van der Waals surface area contributed by atoms with Crippen molar-refractivity contribution in [3.05, 3.63) is 0 Å². The highest BCUT2D eigenvalue weighted by atomic mass is 16.7. The van der Waals surface area contributed by atoms with Crippen LogP contribution in [0.15, 0.2) is 0 Å². The summed E-state index contributed by atoms with van der Waals surface area (Å²) in [6.45, 7) is -0.00505. The van der Waals surface area contributed by atoms with E-state index in [4.69, 9.17) is 14.9 Å². The van der Waals surface area contributed by atoms with Crippen molar-refractivity contribution in [2.45, 2.75) is 30.2 Å². The van der Waals surface area contributed by atoms with E-state index in [1.165, 1.54) is 0 Å². The molecule has 14 heavy (non-hydrogen) atoms. The first kappa shape index (κ1) is 9.81. The standard InChI is InChI=1S/C7H10O7/c8-2-3(9)7(1-13-7)4(5(10)11)14-6(2)12/h2-4,6,8-9,12H,1H2,(H,10,11)/t2-,3-,4-,6+,7-/m1/s1. The maximum Gasteiger partial charge on any atom is 0.336 e. The monoisotopic (exact) mass is 206 g/mol. The van der Waals surface area contributed by atoms with Crippen LogP contribution in [-0.4, -0.2) is 63.2 Å². The lowest BCUT2D eigenvalue weighted by molar-refractivity contribution is -0.271. The van der Waals surface area contributed by atoms with Gasteiger partial charge in [0.1, 0.15) is 12.2 Å². The van der Waals surface area contributed by atoms with Crippen molar-refractivity contribution < 1.29 is 34.7 Å². The Bertz CT molecular complexity index is 261. The second kappa shape index (κ2) is 2.88. The molecule has 2 aliphatic rings. The minimum absolute atomic E-state index is 0.00505. The highest BCUT2D eigenvalue weighted by Crippen LogP contribution is 2.42. The molecular formula is C7H10O7. The number of rotatable bonds is 1. The smallest absolute Gasteiger partial charge is 0.336 e. The molecule has 0 aromatic rings. The number of aliphatic hydroxyl groups excluding tert-OH is 3. The molecule has 2 heterocycles. The van der Waals surface area contributed by atoms with Crippen LogP contribution in [0.25, 0.3) is 0 Å². The number of aliphatic carboxylic acids is 1. The highest BCUT2D eigenvalue weighted by Gasteiger charge is 2.67. The van der Waals surface area contributed by atoms with E-state index in [1.807, 2.05) is 0 Å². The lowest BCUT2D eigenvalue weighted by Gasteiger charge is -2.37. The van der Waals surface area contributed by atoms with Crippen molar-refractivity contribution in [2.24, 2.45) is 0 Å². The van der Waals surface area contributed by atoms with Gasteiger partial charge in [0, 0.05) is 0 Å². The van der Waals surface area contributed by atoms with Crippen LogP contribution in [0.2, 0.25) is 0 Å². The van der Waals surface area contributed by atoms with Gasteiger partial charge in [0.05, 0.1) is 6.61 Å². The maximum atomic E-state index is 10.7. The Morgan fingerprint density at radius 1 is 1.36 bits per heavy atom. The SMILES string of the molecule is O=C(O)[C@H]1O[C@H](O)[C@H](O)[C@@H](O)[C@]12CO2. The third-order valence-electron chi connectivity index (χ3n) is 2.54. The number of hydrogen-bond donors (Lipinski definition) is 4. The van der Waals surface area contributed by atoms with Crippen LogP contribution >= 0.6 is 0 Å². The molecule has 2 rings (SSSR count). The van der Waals surface area contributed by atoms with Crippen LogP contribution in [0.3, 0.4) is 0 Å². The molecule has 0 aromatic heterocycles. The van der Waals surface area contributed by atoms with Gasteiger partial charge in [0.25, 0.3) is 0 Å². The Hall–Kier alpha value is -0.730. The topological polar surface area (TPSA) is 120 Å². The second-order valence-electron chi connectivity index (χ2n) is 3.42. The third kappa shape index (κ3) is 1.14. The zero-order valence-corrected chi connectivity index (χ0v) is 7.03. The van der Waals surface area contributed by atoms with E-state index in [-0.39, 0.29) is 6.61 Å². The normalized spacial score (nSPS) is 51.9. The van der Waals surface area contributed by atoms with Crippen LogP contribution in [0.5, 0.6) is 0 Å². The molecule has 0 aromatic carbocycles. The molecule has 2 aliphatic heterocycles. The molecule has 0 radical (unpaired) electrons. The quantitative estimate of drug-likeness (QED) is 0.344. The van der Waals surface area contributed by atoms with Crippen molar-refractivity contribution in [1.29, 1.82) is 0 Å². The number of ether oxygens (including phenoxy) is 2. The summed E-state index contributed by atoms with van der Waals surface area (Å²) in [5, 5.41) is 36.5. The first-order chi connectivity index (χ1) is 6.49. The van der Waals surface area contributed by atoms with E-state index in [1.54, 1.807) is 0 Å². The Morgan fingerprint density at radius 3 is 2.36 bits per heavy atom. The van der Waals surface area contributed by atoms with Gasteiger partial charge in [-0.2, -0.15) is 0 Å². The third-order valence-corrected chi connectivity index (χ3v) is 2.54. The first-order valence-corrected chi connectivity index (χ1v) is 4.05. The fourth-order valence-corrected chi connectivity index (χ4v) is 1.61. The summed E-state index contributed by atoms with van der Waals surface area (Å²) in [7, 11) is 0. The predicted octanol–water partition coefficient (Wildman–Crippen LogP) is -2.72. The number of carboxylic acid groups (broad SMARTS) is 1. The van der Waals surface area contributed by atoms with E-state index in [0.29, 0.717) is 0 Å². The zero-order valence-electron chi connectivity index (χ0n) is 7.03. The molecule has 7 heteroatoms. The van der Waals surface area contributed by atoms with Gasteiger partial charge in [-0.1, -0.05) is 0 Å². The Morgan fingerprint density at radius 2 is 1.93 bits per heavy atom. The molecule has 0 bridgehead atoms. The molecule has 2 fully saturated rings. The molecule has 1 spiro atoms. The summed E-state index contributed by atoms with van der Waals surface area (Å²) < 4.78 is 9.44. The van der Waals surface area contributed by atoms with Gasteiger partial charge >= 0.3 is 5.97 Å². The van der Waals surface area contributed by atoms with Gasteiger partial charge in [-0.25, -0.2) is 4.79 Å². The van der Waals surface area contributed by atoms with Gasteiger partial charge in [-0.05, 0) is 0 Å². The number of aliphatic hydroxyl groups is 3. The van der Waals surface area contributed by atoms with Crippen molar-refractivity contribution in [3.63, 3.8) is 0 Å². The molecule has 80 valence electrons. The fraction of sp³-hybridized carbons (Fsp3) is 0.857. The first-order valence-electron chi connectivity index (χ1n) is 4.05. The summed E-state index contributed by atoms with van der Waals surface area (Å²) in [5.41, 5.74) is -1.40. The Labute approximate surface area is 78.5 Å². The van der Waals surface area contributed by atoms with Crippen molar-refractivity contribution in [3.8, 4) is 0 Å². The highest BCUT2D eigenvalue weighted by molar-refractivity contribution is 5.75. The van der Waals surface area contributed by atoms with Crippen LogP contribution in [-0.2, 0) is 14.3 Å². The lowest BCUT2D eigenvalue weighted by atomic mass is 9.89. The molecule has 7 nitrogen and oxygen atoms in total. The van der Waals surface area contributed by atoms with Crippen LogP contribution in [0.4, 0.5) is 0 Å². The summed E-state index contributed by atoms with van der Waals surface area (Å²) in [5.74, 6) is -1.34. The summed E-state index contributed by atoms with van der Waals surface area (Å²) in [6.07, 6.45) is -6.16. The van der Waals surface area contributed by atoms with E-state index in [0.717, 1.165) is 0 Å². The minimum Gasteiger partial charge on any atom is -0.479 e. The number of carbonyl (C=O) groups is 1.